The highest BCUT2D eigenvalue weighted by Crippen LogP contribution is 2.02. The van der Waals surface area contributed by atoms with Gasteiger partial charge in [0.25, 0.3) is 0 Å². The number of aryl methyl sites for hydroxylation is 1. The van der Waals surface area contributed by atoms with Crippen LogP contribution in [0.25, 0.3) is 0 Å². The summed E-state index contributed by atoms with van der Waals surface area (Å²) in [5, 5.41) is 2.97. The number of anilines is 1. The van der Waals surface area contributed by atoms with Gasteiger partial charge in [-0.1, -0.05) is 13.0 Å². The number of rotatable bonds is 6. The van der Waals surface area contributed by atoms with E-state index in [1.54, 1.807) is 6.92 Å². The molecule has 1 aromatic heterocycles. The van der Waals surface area contributed by atoms with E-state index in [0.29, 0.717) is 18.9 Å². The summed E-state index contributed by atoms with van der Waals surface area (Å²) in [7, 11) is -3.15. The average Bonchev–Trinajstić information content (AvgIpc) is 2.17. The molecule has 1 aromatic rings. The number of nitrogens with zero attached hydrogens (tertiary/aromatic N) is 1. The summed E-state index contributed by atoms with van der Waals surface area (Å²) in [4.78, 5) is 4.21. The minimum absolute atomic E-state index is 0.0520. The van der Waals surface area contributed by atoms with Crippen molar-refractivity contribution in [2.75, 3.05) is 24.2 Å². The number of sulfonamides is 1. The maximum atomic E-state index is 11.3. The van der Waals surface area contributed by atoms with Crippen LogP contribution >= 0.6 is 0 Å². The topological polar surface area (TPSA) is 71.1 Å². The minimum Gasteiger partial charge on any atom is -0.369 e. The van der Waals surface area contributed by atoms with Gasteiger partial charge in [0.1, 0.15) is 5.82 Å². The molecule has 90 valence electrons. The van der Waals surface area contributed by atoms with Crippen LogP contribution in [-0.2, 0) is 10.0 Å². The van der Waals surface area contributed by atoms with Crippen LogP contribution in [0.3, 0.4) is 0 Å². The number of aromatic nitrogens is 1. The van der Waals surface area contributed by atoms with E-state index in [1.165, 1.54) is 0 Å². The Kier molecular flexibility index (Phi) is 4.70. The maximum absolute atomic E-state index is 11.3. The lowest BCUT2D eigenvalue weighted by molar-refractivity contribution is 0.584. The van der Waals surface area contributed by atoms with E-state index >= 15 is 0 Å². The lowest BCUT2D eigenvalue weighted by Crippen LogP contribution is -2.29. The van der Waals surface area contributed by atoms with Crippen LogP contribution in [0.4, 0.5) is 5.82 Å². The molecule has 0 bridgehead atoms. The molecule has 6 heteroatoms. The summed E-state index contributed by atoms with van der Waals surface area (Å²) in [6.07, 6.45) is 0. The van der Waals surface area contributed by atoms with E-state index in [-0.39, 0.29) is 5.75 Å². The van der Waals surface area contributed by atoms with Gasteiger partial charge in [0.2, 0.25) is 10.0 Å². The highest BCUT2D eigenvalue weighted by molar-refractivity contribution is 7.89. The van der Waals surface area contributed by atoms with Crippen molar-refractivity contribution in [3.05, 3.63) is 23.9 Å². The van der Waals surface area contributed by atoms with Crippen molar-refractivity contribution in [3.8, 4) is 0 Å². The second kappa shape index (κ2) is 5.81. The van der Waals surface area contributed by atoms with Crippen LogP contribution in [0.2, 0.25) is 0 Å². The summed E-state index contributed by atoms with van der Waals surface area (Å²) in [5.74, 6) is 0.753. The summed E-state index contributed by atoms with van der Waals surface area (Å²) in [5.41, 5.74) is 0.902. The highest BCUT2D eigenvalue weighted by atomic mass is 32.2. The standard InChI is InChI=1S/C10H17N3O2S/c1-3-12-16(14,15)8-7-11-10-6-4-5-9(2)13-10/h4-6,12H,3,7-8H2,1-2H3,(H,11,13). The van der Waals surface area contributed by atoms with Crippen molar-refractivity contribution < 1.29 is 8.42 Å². The van der Waals surface area contributed by atoms with Crippen molar-refractivity contribution in [2.45, 2.75) is 13.8 Å². The lowest BCUT2D eigenvalue weighted by atomic mass is 10.4. The molecule has 0 fully saturated rings. The third kappa shape index (κ3) is 4.59. The fourth-order valence-corrected chi connectivity index (χ4v) is 2.20. The predicted octanol–water partition coefficient (Wildman–Crippen LogP) is 0.741. The first kappa shape index (κ1) is 12.9. The van der Waals surface area contributed by atoms with Crippen LogP contribution in [0.15, 0.2) is 18.2 Å². The quantitative estimate of drug-likeness (QED) is 0.773. The molecule has 0 unspecified atom stereocenters. The zero-order chi connectivity index (χ0) is 12.0. The molecule has 5 nitrogen and oxygen atoms in total. The molecule has 0 aromatic carbocycles. The first-order valence-corrected chi connectivity index (χ1v) is 6.83. The van der Waals surface area contributed by atoms with E-state index in [4.69, 9.17) is 0 Å². The molecule has 0 spiro atoms. The van der Waals surface area contributed by atoms with E-state index in [1.807, 2.05) is 25.1 Å². The molecule has 1 heterocycles. The number of hydrogen-bond acceptors (Lipinski definition) is 4. The molecule has 0 atom stereocenters. The van der Waals surface area contributed by atoms with Crippen LogP contribution in [0.5, 0.6) is 0 Å². The summed E-state index contributed by atoms with van der Waals surface area (Å²) in [6, 6.07) is 5.58. The Morgan fingerprint density at radius 3 is 2.75 bits per heavy atom. The monoisotopic (exact) mass is 243 g/mol. The third-order valence-corrected chi connectivity index (χ3v) is 3.40. The van der Waals surface area contributed by atoms with Crippen molar-refractivity contribution in [1.29, 1.82) is 0 Å². The van der Waals surface area contributed by atoms with Gasteiger partial charge in [0, 0.05) is 18.8 Å². The van der Waals surface area contributed by atoms with E-state index < -0.39 is 10.0 Å². The molecular weight excluding hydrogens is 226 g/mol. The van der Waals surface area contributed by atoms with Gasteiger partial charge in [-0.3, -0.25) is 0 Å². The lowest BCUT2D eigenvalue weighted by Gasteiger charge is -2.07. The number of pyridine rings is 1. The Morgan fingerprint density at radius 2 is 2.12 bits per heavy atom. The molecule has 16 heavy (non-hydrogen) atoms. The van der Waals surface area contributed by atoms with Crippen molar-refractivity contribution in [3.63, 3.8) is 0 Å². The smallest absolute Gasteiger partial charge is 0.213 e. The molecule has 2 N–H and O–H groups in total. The van der Waals surface area contributed by atoms with E-state index in [2.05, 4.69) is 15.0 Å². The zero-order valence-corrected chi connectivity index (χ0v) is 10.3. The normalized spacial score (nSPS) is 11.4. The fourth-order valence-electron chi connectivity index (χ4n) is 1.25. The zero-order valence-electron chi connectivity index (χ0n) is 9.53. The van der Waals surface area contributed by atoms with Gasteiger partial charge in [-0.05, 0) is 19.1 Å². The van der Waals surface area contributed by atoms with Crippen molar-refractivity contribution >= 4 is 15.8 Å². The first-order valence-electron chi connectivity index (χ1n) is 5.18. The first-order chi connectivity index (χ1) is 7.53. The summed E-state index contributed by atoms with van der Waals surface area (Å²) >= 11 is 0. The predicted molar refractivity (Wildman–Crippen MR) is 64.9 cm³/mol. The largest absolute Gasteiger partial charge is 0.369 e. The van der Waals surface area contributed by atoms with Crippen molar-refractivity contribution in [2.24, 2.45) is 0 Å². The molecule has 0 aliphatic rings. The molecule has 0 saturated carbocycles. The molecule has 0 radical (unpaired) electrons. The Hall–Kier alpha value is -1.14. The Balaban J connectivity index is 2.42. The molecule has 0 amide bonds. The average molecular weight is 243 g/mol. The van der Waals surface area contributed by atoms with Gasteiger partial charge in [0.05, 0.1) is 5.75 Å². The van der Waals surface area contributed by atoms with Crippen LogP contribution < -0.4 is 10.0 Å². The van der Waals surface area contributed by atoms with Gasteiger partial charge in [0.15, 0.2) is 0 Å². The van der Waals surface area contributed by atoms with Gasteiger partial charge in [-0.25, -0.2) is 18.1 Å². The summed E-state index contributed by atoms with van der Waals surface area (Å²) < 4.78 is 25.1. The Labute approximate surface area is 96.3 Å². The SMILES string of the molecule is CCNS(=O)(=O)CCNc1cccc(C)n1. The number of hydrogen-bond donors (Lipinski definition) is 2. The Bertz CT molecular complexity index is 431. The van der Waals surface area contributed by atoms with Crippen LogP contribution in [0, 0.1) is 6.92 Å². The number of nitrogens with one attached hydrogen (secondary N) is 2. The molecular formula is C10H17N3O2S. The third-order valence-electron chi connectivity index (χ3n) is 1.93. The minimum atomic E-state index is -3.15. The van der Waals surface area contributed by atoms with Crippen molar-refractivity contribution in [1.82, 2.24) is 9.71 Å². The Morgan fingerprint density at radius 1 is 1.38 bits per heavy atom. The van der Waals surface area contributed by atoms with Gasteiger partial charge >= 0.3 is 0 Å². The van der Waals surface area contributed by atoms with Gasteiger partial charge < -0.3 is 5.32 Å². The van der Waals surface area contributed by atoms with Crippen LogP contribution in [0.1, 0.15) is 12.6 Å². The summed E-state index contributed by atoms with van der Waals surface area (Å²) in [6.45, 7) is 4.42. The molecule has 1 rings (SSSR count). The van der Waals surface area contributed by atoms with E-state index in [0.717, 1.165) is 5.69 Å². The second-order valence-corrected chi connectivity index (χ2v) is 5.33. The van der Waals surface area contributed by atoms with Gasteiger partial charge in [-0.15, -0.1) is 0 Å². The molecule has 0 aliphatic carbocycles. The second-order valence-electron chi connectivity index (χ2n) is 3.41. The van der Waals surface area contributed by atoms with Gasteiger partial charge in [-0.2, -0.15) is 0 Å². The van der Waals surface area contributed by atoms with Crippen LogP contribution in [-0.4, -0.2) is 32.2 Å². The highest BCUT2D eigenvalue weighted by Gasteiger charge is 2.07. The molecule has 0 saturated heterocycles. The molecule has 0 aliphatic heterocycles. The fraction of sp³-hybridized carbons (Fsp3) is 0.500. The van der Waals surface area contributed by atoms with E-state index in [9.17, 15) is 8.42 Å². The maximum Gasteiger partial charge on any atom is 0.213 e.